The lowest BCUT2D eigenvalue weighted by molar-refractivity contribution is 0.275. The van der Waals surface area contributed by atoms with Crippen molar-refractivity contribution in [2.45, 2.75) is 25.7 Å². The molecule has 9 nitrogen and oxygen atoms in total. The molecule has 10 heteroatoms. The van der Waals surface area contributed by atoms with Crippen LogP contribution in [-0.2, 0) is 4.57 Å². The molecule has 0 saturated carbocycles. The molecule has 0 radical (unpaired) electrons. The van der Waals surface area contributed by atoms with Gasteiger partial charge in [0.05, 0.1) is 0 Å². The number of nitrogens with two attached hydrogens (primary N) is 2. The van der Waals surface area contributed by atoms with Crippen molar-refractivity contribution in [2.75, 3.05) is 13.1 Å². The van der Waals surface area contributed by atoms with Gasteiger partial charge in [-0.3, -0.25) is 5.41 Å². The summed E-state index contributed by atoms with van der Waals surface area (Å²) >= 11 is 0. The summed E-state index contributed by atoms with van der Waals surface area (Å²) in [5.41, 5.74) is 10.4. The van der Waals surface area contributed by atoms with Crippen LogP contribution in [0.25, 0.3) is 0 Å². The zero-order valence-electron chi connectivity index (χ0n) is 9.99. The lowest BCUT2D eigenvalue weighted by Gasteiger charge is -2.19. The summed E-state index contributed by atoms with van der Waals surface area (Å²) in [5, 5.41) is 7.59. The second-order valence-corrected chi connectivity index (χ2v) is 4.80. The quantitative estimate of drug-likeness (QED) is 0.190. The smallest absolute Gasteiger partial charge is 0.370 e. The maximum Gasteiger partial charge on any atom is 0.466 e. The Balaban J connectivity index is 0.000000494. The molecule has 1 fully saturated rings. The van der Waals surface area contributed by atoms with Gasteiger partial charge < -0.3 is 31.0 Å². The first-order chi connectivity index (χ1) is 8.20. The number of nitrogens with zero attached hydrogens (tertiary/aromatic N) is 2. The van der Waals surface area contributed by atoms with Crippen LogP contribution in [0.15, 0.2) is 4.99 Å². The Morgan fingerprint density at radius 3 is 1.83 bits per heavy atom. The Labute approximate surface area is 105 Å². The highest BCUT2D eigenvalue weighted by Gasteiger charge is 2.11. The van der Waals surface area contributed by atoms with E-state index in [1.165, 1.54) is 12.8 Å². The average molecular weight is 281 g/mol. The van der Waals surface area contributed by atoms with E-state index in [2.05, 4.69) is 4.99 Å². The molecule has 8 N–H and O–H groups in total. The van der Waals surface area contributed by atoms with Gasteiger partial charge in [-0.05, 0) is 12.8 Å². The van der Waals surface area contributed by atoms with Crippen molar-refractivity contribution < 1.29 is 19.2 Å². The molecule has 1 aliphatic rings. The monoisotopic (exact) mass is 281 g/mol. The third-order valence-corrected chi connectivity index (χ3v) is 2.14. The SMILES string of the molecule is N=C(N=C(N)N)N1CCCCCC1.O=P(O)(O)O. The van der Waals surface area contributed by atoms with Gasteiger partial charge >= 0.3 is 7.82 Å². The van der Waals surface area contributed by atoms with Crippen LogP contribution in [0, 0.1) is 5.41 Å². The normalized spacial score (nSPS) is 16.1. The second-order valence-electron chi connectivity index (χ2n) is 3.77. The third-order valence-electron chi connectivity index (χ3n) is 2.14. The number of likely N-dealkylation sites (tertiary alicyclic amines) is 1. The Bertz CT molecular complexity index is 322. The zero-order valence-corrected chi connectivity index (χ0v) is 10.9. The van der Waals surface area contributed by atoms with Crippen LogP contribution in [0.2, 0.25) is 0 Å². The van der Waals surface area contributed by atoms with Crippen LogP contribution in [-0.4, -0.2) is 44.6 Å². The summed E-state index contributed by atoms with van der Waals surface area (Å²) in [6.45, 7) is 1.80. The van der Waals surface area contributed by atoms with Crippen molar-refractivity contribution in [3.05, 3.63) is 0 Å². The van der Waals surface area contributed by atoms with Crippen LogP contribution in [0.5, 0.6) is 0 Å². The van der Waals surface area contributed by atoms with E-state index in [4.69, 9.17) is 36.1 Å². The minimum atomic E-state index is -4.64. The summed E-state index contributed by atoms with van der Waals surface area (Å²) in [7, 11) is -4.64. The number of nitrogens with one attached hydrogen (secondary N) is 1. The first-order valence-corrected chi connectivity index (χ1v) is 6.98. The fourth-order valence-electron chi connectivity index (χ4n) is 1.48. The van der Waals surface area contributed by atoms with E-state index in [-0.39, 0.29) is 11.9 Å². The van der Waals surface area contributed by atoms with Gasteiger partial charge in [0.2, 0.25) is 5.96 Å². The molecule has 0 aromatic carbocycles. The molecule has 0 amide bonds. The van der Waals surface area contributed by atoms with Crippen molar-refractivity contribution in [3.8, 4) is 0 Å². The van der Waals surface area contributed by atoms with Gasteiger partial charge in [-0.2, -0.15) is 4.99 Å². The number of guanidine groups is 2. The molecule has 0 spiro atoms. The number of hydrogen-bond donors (Lipinski definition) is 6. The third kappa shape index (κ3) is 11.3. The van der Waals surface area contributed by atoms with E-state index in [1.807, 2.05) is 4.90 Å². The first-order valence-electron chi connectivity index (χ1n) is 5.41. The molecule has 1 saturated heterocycles. The highest BCUT2D eigenvalue weighted by atomic mass is 31.2. The van der Waals surface area contributed by atoms with Gasteiger partial charge in [0.15, 0.2) is 5.96 Å². The predicted molar refractivity (Wildman–Crippen MR) is 67.8 cm³/mol. The largest absolute Gasteiger partial charge is 0.466 e. The Morgan fingerprint density at radius 1 is 1.11 bits per heavy atom. The summed E-state index contributed by atoms with van der Waals surface area (Å²) < 4.78 is 8.88. The maximum atomic E-state index is 8.88. The second kappa shape index (κ2) is 8.04. The van der Waals surface area contributed by atoms with Crippen LogP contribution < -0.4 is 11.5 Å². The van der Waals surface area contributed by atoms with Crippen molar-refractivity contribution in [1.82, 2.24) is 4.90 Å². The zero-order chi connectivity index (χ0) is 14.2. The molecule has 1 heterocycles. The van der Waals surface area contributed by atoms with E-state index in [1.54, 1.807) is 0 Å². The number of rotatable bonds is 0. The molecular formula is C8H20N5O4P. The van der Waals surface area contributed by atoms with Gasteiger partial charge in [0.25, 0.3) is 0 Å². The lowest BCUT2D eigenvalue weighted by atomic mass is 10.2. The summed E-state index contributed by atoms with van der Waals surface area (Å²) in [6, 6.07) is 0. The molecule has 0 unspecified atom stereocenters. The van der Waals surface area contributed by atoms with E-state index in [9.17, 15) is 0 Å². The van der Waals surface area contributed by atoms with Crippen LogP contribution in [0.3, 0.4) is 0 Å². The number of phosphoric acid groups is 1. The standard InChI is InChI=1S/C8H17N5.H3O4P/c9-7(10)12-8(11)13-5-3-1-2-4-6-13;1-5(2,3)4/h1-6H2,(H5,9,10,11,12);(H3,1,2,3,4). The van der Waals surface area contributed by atoms with Crippen LogP contribution in [0.4, 0.5) is 0 Å². The van der Waals surface area contributed by atoms with Crippen LogP contribution in [0.1, 0.15) is 25.7 Å². The molecule has 1 aliphatic heterocycles. The van der Waals surface area contributed by atoms with E-state index in [0.717, 1.165) is 25.9 Å². The van der Waals surface area contributed by atoms with Crippen molar-refractivity contribution in [1.29, 1.82) is 5.41 Å². The Morgan fingerprint density at radius 2 is 1.50 bits per heavy atom. The minimum Gasteiger partial charge on any atom is -0.370 e. The molecule has 0 atom stereocenters. The van der Waals surface area contributed by atoms with Gasteiger partial charge in [0, 0.05) is 13.1 Å². The molecule has 18 heavy (non-hydrogen) atoms. The minimum absolute atomic E-state index is 0.0331. The average Bonchev–Trinajstić information content (AvgIpc) is 2.41. The van der Waals surface area contributed by atoms with Gasteiger partial charge in [-0.15, -0.1) is 0 Å². The molecule has 106 valence electrons. The highest BCUT2D eigenvalue weighted by Crippen LogP contribution is 2.25. The predicted octanol–water partition coefficient (Wildman–Crippen LogP) is -0.858. The molecular weight excluding hydrogens is 261 g/mol. The number of aliphatic imine (C=N–C) groups is 1. The van der Waals surface area contributed by atoms with Crippen molar-refractivity contribution in [3.63, 3.8) is 0 Å². The van der Waals surface area contributed by atoms with Crippen LogP contribution >= 0.6 is 7.82 Å². The molecule has 0 aliphatic carbocycles. The van der Waals surface area contributed by atoms with E-state index < -0.39 is 7.82 Å². The molecule has 1 rings (SSSR count). The fourth-order valence-corrected chi connectivity index (χ4v) is 1.48. The topological polar surface area (TPSA) is 169 Å². The Kier molecular flexibility index (Phi) is 7.53. The molecule has 0 aromatic heterocycles. The molecule has 0 bridgehead atoms. The highest BCUT2D eigenvalue weighted by molar-refractivity contribution is 7.45. The maximum absolute atomic E-state index is 8.88. The van der Waals surface area contributed by atoms with E-state index in [0.29, 0.717) is 0 Å². The number of hydrogen-bond acceptors (Lipinski definition) is 2. The summed E-state index contributed by atoms with van der Waals surface area (Å²) in [6.07, 6.45) is 4.74. The van der Waals surface area contributed by atoms with Gasteiger partial charge in [-0.1, -0.05) is 12.8 Å². The van der Waals surface area contributed by atoms with E-state index >= 15 is 0 Å². The van der Waals surface area contributed by atoms with Gasteiger partial charge in [0.1, 0.15) is 0 Å². The fraction of sp³-hybridized carbons (Fsp3) is 0.750. The summed E-state index contributed by atoms with van der Waals surface area (Å²) in [4.78, 5) is 27.2. The summed E-state index contributed by atoms with van der Waals surface area (Å²) in [5.74, 6) is 0.163. The van der Waals surface area contributed by atoms with Gasteiger partial charge in [-0.25, -0.2) is 4.57 Å². The Hall–Kier alpha value is -1.15. The van der Waals surface area contributed by atoms with Crippen molar-refractivity contribution >= 4 is 19.7 Å². The van der Waals surface area contributed by atoms with Crippen molar-refractivity contribution in [2.24, 2.45) is 16.5 Å². The lowest BCUT2D eigenvalue weighted by Crippen LogP contribution is -2.33. The first kappa shape index (κ1) is 16.9. The molecule has 0 aromatic rings.